The number of nitrogens with one attached hydrogen (secondary N) is 1. The average Bonchev–Trinajstić information content (AvgIpc) is 2.84. The summed E-state index contributed by atoms with van der Waals surface area (Å²) in [4.78, 5) is 4.45. The quantitative estimate of drug-likeness (QED) is 0.734. The highest BCUT2D eigenvalue weighted by Crippen LogP contribution is 2.15. The highest BCUT2D eigenvalue weighted by molar-refractivity contribution is 7.09. The van der Waals surface area contributed by atoms with Crippen LogP contribution in [0.25, 0.3) is 0 Å². The van der Waals surface area contributed by atoms with Gasteiger partial charge < -0.3 is 5.32 Å². The molecule has 0 spiro atoms. The number of unbranched alkanes of at least 4 members (excludes halogenated alkanes) is 2. The molecule has 2 aromatic rings. The van der Waals surface area contributed by atoms with E-state index < -0.39 is 0 Å². The van der Waals surface area contributed by atoms with Gasteiger partial charge in [0.15, 0.2) is 0 Å². The van der Waals surface area contributed by atoms with Gasteiger partial charge in [-0.3, -0.25) is 0 Å². The number of hydrogen-bond acceptors (Lipinski definition) is 3. The Morgan fingerprint density at radius 1 is 1.16 bits per heavy atom. The Hall–Kier alpha value is -1.35. The SMILES string of the molecule is CCCCCc1ccc(NCc2nc(C)cs2)cc1. The zero-order valence-electron chi connectivity index (χ0n) is 11.8. The maximum Gasteiger partial charge on any atom is 0.112 e. The number of aromatic nitrogens is 1. The molecule has 0 aliphatic rings. The summed E-state index contributed by atoms with van der Waals surface area (Å²) in [6.45, 7) is 5.09. The number of nitrogens with zero attached hydrogens (tertiary/aromatic N) is 1. The van der Waals surface area contributed by atoms with Gasteiger partial charge in [-0.1, -0.05) is 31.9 Å². The molecular formula is C16H22N2S. The first-order valence-corrected chi connectivity index (χ1v) is 7.89. The van der Waals surface area contributed by atoms with Crippen LogP contribution in [-0.4, -0.2) is 4.98 Å². The van der Waals surface area contributed by atoms with E-state index in [0.29, 0.717) is 0 Å². The van der Waals surface area contributed by atoms with Crippen LogP contribution in [0.2, 0.25) is 0 Å². The van der Waals surface area contributed by atoms with Crippen molar-refractivity contribution in [1.29, 1.82) is 0 Å². The predicted octanol–water partition coefficient (Wildman–Crippen LogP) is 4.80. The van der Waals surface area contributed by atoms with Crippen LogP contribution >= 0.6 is 11.3 Å². The minimum Gasteiger partial charge on any atom is -0.379 e. The zero-order chi connectivity index (χ0) is 13.5. The Balaban J connectivity index is 1.81. The minimum atomic E-state index is 0.813. The van der Waals surface area contributed by atoms with Gasteiger partial charge in [-0.25, -0.2) is 4.98 Å². The van der Waals surface area contributed by atoms with Crippen LogP contribution in [-0.2, 0) is 13.0 Å². The van der Waals surface area contributed by atoms with Gasteiger partial charge in [0, 0.05) is 16.8 Å². The Kier molecular flexibility index (Phi) is 5.40. The number of aryl methyl sites for hydroxylation is 2. The first kappa shape index (κ1) is 14.1. The Labute approximate surface area is 119 Å². The van der Waals surface area contributed by atoms with Crippen molar-refractivity contribution in [3.63, 3.8) is 0 Å². The maximum absolute atomic E-state index is 4.45. The molecule has 102 valence electrons. The molecule has 2 nitrogen and oxygen atoms in total. The van der Waals surface area contributed by atoms with E-state index in [4.69, 9.17) is 0 Å². The Morgan fingerprint density at radius 3 is 2.58 bits per heavy atom. The van der Waals surface area contributed by atoms with E-state index in [9.17, 15) is 0 Å². The fourth-order valence-corrected chi connectivity index (χ4v) is 2.74. The van der Waals surface area contributed by atoms with Crippen molar-refractivity contribution < 1.29 is 0 Å². The minimum absolute atomic E-state index is 0.813. The lowest BCUT2D eigenvalue weighted by molar-refractivity contribution is 0.717. The smallest absolute Gasteiger partial charge is 0.112 e. The van der Waals surface area contributed by atoms with E-state index in [2.05, 4.69) is 46.9 Å². The number of rotatable bonds is 7. The molecule has 1 heterocycles. The average molecular weight is 274 g/mol. The number of thiazole rings is 1. The van der Waals surface area contributed by atoms with E-state index in [1.807, 2.05) is 6.92 Å². The van der Waals surface area contributed by atoms with Crippen molar-refractivity contribution >= 4 is 17.0 Å². The van der Waals surface area contributed by atoms with Crippen molar-refractivity contribution in [1.82, 2.24) is 4.98 Å². The van der Waals surface area contributed by atoms with Gasteiger partial charge in [0.05, 0.1) is 6.54 Å². The van der Waals surface area contributed by atoms with E-state index in [0.717, 1.165) is 17.2 Å². The monoisotopic (exact) mass is 274 g/mol. The molecule has 1 aromatic heterocycles. The fraction of sp³-hybridized carbons (Fsp3) is 0.438. The lowest BCUT2D eigenvalue weighted by atomic mass is 10.1. The van der Waals surface area contributed by atoms with Crippen LogP contribution in [0.4, 0.5) is 5.69 Å². The molecule has 1 N–H and O–H groups in total. The second-order valence-electron chi connectivity index (χ2n) is 4.89. The van der Waals surface area contributed by atoms with Crippen LogP contribution in [0.1, 0.15) is 42.5 Å². The topological polar surface area (TPSA) is 24.9 Å². The molecule has 0 fully saturated rings. The van der Waals surface area contributed by atoms with Gasteiger partial charge in [-0.15, -0.1) is 11.3 Å². The molecule has 0 amide bonds. The summed E-state index contributed by atoms with van der Waals surface area (Å²) in [6, 6.07) is 8.79. The standard InChI is InChI=1S/C16H22N2S/c1-3-4-5-6-14-7-9-15(10-8-14)17-11-16-18-13(2)12-19-16/h7-10,12,17H,3-6,11H2,1-2H3. The molecule has 2 rings (SSSR count). The molecule has 1 aromatic carbocycles. The number of anilines is 1. The normalized spacial score (nSPS) is 10.6. The Bertz CT molecular complexity index is 488. The lowest BCUT2D eigenvalue weighted by Crippen LogP contribution is -1.99. The summed E-state index contributed by atoms with van der Waals surface area (Å²) in [7, 11) is 0. The molecule has 0 saturated heterocycles. The highest BCUT2D eigenvalue weighted by atomic mass is 32.1. The van der Waals surface area contributed by atoms with Crippen molar-refractivity contribution in [2.24, 2.45) is 0 Å². The van der Waals surface area contributed by atoms with E-state index >= 15 is 0 Å². The van der Waals surface area contributed by atoms with Crippen molar-refractivity contribution in [2.75, 3.05) is 5.32 Å². The molecular weight excluding hydrogens is 252 g/mol. The summed E-state index contributed by atoms with van der Waals surface area (Å²) in [5.74, 6) is 0. The number of benzene rings is 1. The van der Waals surface area contributed by atoms with Crippen LogP contribution < -0.4 is 5.32 Å². The van der Waals surface area contributed by atoms with Crippen molar-refractivity contribution in [2.45, 2.75) is 46.1 Å². The molecule has 0 aliphatic carbocycles. The van der Waals surface area contributed by atoms with Crippen LogP contribution in [0.15, 0.2) is 29.6 Å². The fourth-order valence-electron chi connectivity index (χ4n) is 2.03. The molecule has 0 aliphatic heterocycles. The van der Waals surface area contributed by atoms with E-state index in [1.54, 1.807) is 11.3 Å². The first-order valence-electron chi connectivity index (χ1n) is 7.01. The van der Waals surface area contributed by atoms with Crippen LogP contribution in [0.5, 0.6) is 0 Å². The van der Waals surface area contributed by atoms with Gasteiger partial charge in [-0.2, -0.15) is 0 Å². The van der Waals surface area contributed by atoms with Crippen LogP contribution in [0, 0.1) is 6.92 Å². The third-order valence-electron chi connectivity index (χ3n) is 3.13. The van der Waals surface area contributed by atoms with E-state index in [-0.39, 0.29) is 0 Å². The second kappa shape index (κ2) is 7.29. The summed E-state index contributed by atoms with van der Waals surface area (Å²) >= 11 is 1.71. The lowest BCUT2D eigenvalue weighted by Gasteiger charge is -2.06. The molecule has 0 atom stereocenters. The molecule has 0 unspecified atom stereocenters. The van der Waals surface area contributed by atoms with Gasteiger partial charge in [-0.05, 0) is 37.5 Å². The zero-order valence-corrected chi connectivity index (χ0v) is 12.6. The summed E-state index contributed by atoms with van der Waals surface area (Å²) in [5, 5.41) is 6.65. The molecule has 3 heteroatoms. The van der Waals surface area contributed by atoms with Gasteiger partial charge in [0.2, 0.25) is 0 Å². The van der Waals surface area contributed by atoms with Gasteiger partial charge in [0.1, 0.15) is 5.01 Å². The second-order valence-corrected chi connectivity index (χ2v) is 5.83. The van der Waals surface area contributed by atoms with E-state index in [1.165, 1.54) is 36.9 Å². The van der Waals surface area contributed by atoms with Crippen molar-refractivity contribution in [3.05, 3.63) is 45.9 Å². The van der Waals surface area contributed by atoms with Gasteiger partial charge in [0.25, 0.3) is 0 Å². The highest BCUT2D eigenvalue weighted by Gasteiger charge is 1.99. The molecule has 0 radical (unpaired) electrons. The number of hydrogen-bond donors (Lipinski definition) is 1. The molecule has 19 heavy (non-hydrogen) atoms. The first-order chi connectivity index (χ1) is 9.28. The van der Waals surface area contributed by atoms with Crippen LogP contribution in [0.3, 0.4) is 0 Å². The van der Waals surface area contributed by atoms with Crippen molar-refractivity contribution in [3.8, 4) is 0 Å². The summed E-state index contributed by atoms with van der Waals surface area (Å²) in [5.41, 5.74) is 3.71. The summed E-state index contributed by atoms with van der Waals surface area (Å²) in [6.07, 6.45) is 5.09. The third-order valence-corrected chi connectivity index (χ3v) is 4.10. The summed E-state index contributed by atoms with van der Waals surface area (Å²) < 4.78 is 0. The molecule has 0 bridgehead atoms. The largest absolute Gasteiger partial charge is 0.379 e. The maximum atomic E-state index is 4.45. The van der Waals surface area contributed by atoms with Gasteiger partial charge >= 0.3 is 0 Å². The Morgan fingerprint density at radius 2 is 1.95 bits per heavy atom. The third kappa shape index (κ3) is 4.67. The predicted molar refractivity (Wildman–Crippen MR) is 83.8 cm³/mol. The molecule has 0 saturated carbocycles.